The molecule has 1 unspecified atom stereocenters. The lowest BCUT2D eigenvalue weighted by Crippen LogP contribution is -2.31. The molecule has 6 heteroatoms. The monoisotopic (exact) mass is 351 g/mol. The summed E-state index contributed by atoms with van der Waals surface area (Å²) in [5.41, 5.74) is 3.72. The molecule has 1 fully saturated rings. The third kappa shape index (κ3) is 3.03. The summed E-state index contributed by atoms with van der Waals surface area (Å²) in [5, 5.41) is 9.43. The van der Waals surface area contributed by atoms with Crippen molar-refractivity contribution in [1.82, 2.24) is 4.98 Å². The standard InChI is InChI=1S/C19H17N3O2S/c1-11-12(2)15(10-20)18(21-13(11)3)25-16-9-17(23)22(19(16)24)14-7-5-4-6-8-14/h4-8,16H,9H2,1-3H3. The number of carbonyl (C=O) groups is 2. The number of hydrogen-bond donors (Lipinski definition) is 0. The molecule has 1 aromatic carbocycles. The highest BCUT2D eigenvalue weighted by atomic mass is 32.2. The minimum absolute atomic E-state index is 0.108. The summed E-state index contributed by atoms with van der Waals surface area (Å²) >= 11 is 1.20. The molecule has 2 heterocycles. The number of amides is 2. The molecule has 0 saturated carbocycles. The number of para-hydroxylation sites is 1. The summed E-state index contributed by atoms with van der Waals surface area (Å²) in [6.07, 6.45) is 0.108. The lowest BCUT2D eigenvalue weighted by atomic mass is 10.1. The zero-order valence-electron chi connectivity index (χ0n) is 14.2. The summed E-state index contributed by atoms with van der Waals surface area (Å²) in [6.45, 7) is 5.68. The van der Waals surface area contributed by atoms with E-state index in [1.807, 2.05) is 26.8 Å². The smallest absolute Gasteiger partial charge is 0.247 e. The second kappa shape index (κ2) is 6.69. The molecule has 0 N–H and O–H groups in total. The number of nitrogens with zero attached hydrogens (tertiary/aromatic N) is 3. The van der Waals surface area contributed by atoms with Crippen LogP contribution < -0.4 is 4.90 Å². The number of nitriles is 1. The van der Waals surface area contributed by atoms with Gasteiger partial charge in [0.25, 0.3) is 0 Å². The number of benzene rings is 1. The lowest BCUT2D eigenvalue weighted by molar-refractivity contribution is -0.121. The predicted octanol–water partition coefficient (Wildman–Crippen LogP) is 3.30. The van der Waals surface area contributed by atoms with Crippen LogP contribution in [0.4, 0.5) is 5.69 Å². The second-order valence-corrected chi connectivity index (χ2v) is 7.14. The van der Waals surface area contributed by atoms with Crippen LogP contribution in [0.3, 0.4) is 0 Å². The fourth-order valence-electron chi connectivity index (χ4n) is 2.81. The van der Waals surface area contributed by atoms with E-state index in [0.717, 1.165) is 16.8 Å². The first-order valence-corrected chi connectivity index (χ1v) is 8.78. The van der Waals surface area contributed by atoms with Gasteiger partial charge in [-0.2, -0.15) is 5.26 Å². The molecule has 25 heavy (non-hydrogen) atoms. The lowest BCUT2D eigenvalue weighted by Gasteiger charge is -2.15. The number of pyridine rings is 1. The Kier molecular flexibility index (Phi) is 4.60. The number of imide groups is 1. The van der Waals surface area contributed by atoms with Crippen LogP contribution in [0.2, 0.25) is 0 Å². The van der Waals surface area contributed by atoms with Crippen LogP contribution in [0.25, 0.3) is 0 Å². The van der Waals surface area contributed by atoms with Crippen LogP contribution in [0.15, 0.2) is 35.4 Å². The van der Waals surface area contributed by atoms with Crippen molar-refractivity contribution in [1.29, 1.82) is 5.26 Å². The first kappa shape index (κ1) is 17.2. The maximum absolute atomic E-state index is 12.7. The molecule has 1 aliphatic rings. The van der Waals surface area contributed by atoms with Crippen LogP contribution in [-0.2, 0) is 9.59 Å². The number of rotatable bonds is 3. The number of aryl methyl sites for hydroxylation is 1. The first-order valence-electron chi connectivity index (χ1n) is 7.90. The third-order valence-electron chi connectivity index (χ3n) is 4.45. The molecule has 1 saturated heterocycles. The first-order chi connectivity index (χ1) is 11.9. The SMILES string of the molecule is Cc1nc(SC2CC(=O)N(c3ccccc3)C2=O)c(C#N)c(C)c1C. The van der Waals surface area contributed by atoms with Crippen LogP contribution in [0.1, 0.15) is 28.8 Å². The minimum Gasteiger partial charge on any atom is -0.274 e. The van der Waals surface area contributed by atoms with E-state index >= 15 is 0 Å². The van der Waals surface area contributed by atoms with Gasteiger partial charge < -0.3 is 0 Å². The number of aromatic nitrogens is 1. The molecule has 2 aromatic rings. The zero-order chi connectivity index (χ0) is 18.1. The van der Waals surface area contributed by atoms with Crippen LogP contribution in [0, 0.1) is 32.1 Å². The van der Waals surface area contributed by atoms with E-state index < -0.39 is 5.25 Å². The van der Waals surface area contributed by atoms with Gasteiger partial charge >= 0.3 is 0 Å². The van der Waals surface area contributed by atoms with E-state index in [9.17, 15) is 14.9 Å². The number of thioether (sulfide) groups is 1. The highest BCUT2D eigenvalue weighted by molar-refractivity contribution is 8.00. The van der Waals surface area contributed by atoms with Crippen molar-refractivity contribution >= 4 is 29.3 Å². The van der Waals surface area contributed by atoms with Gasteiger partial charge in [-0.25, -0.2) is 9.88 Å². The molecule has 1 aromatic heterocycles. The van der Waals surface area contributed by atoms with Crippen molar-refractivity contribution in [2.24, 2.45) is 0 Å². The van der Waals surface area contributed by atoms with Crippen LogP contribution >= 0.6 is 11.8 Å². The van der Waals surface area contributed by atoms with Crippen LogP contribution in [0.5, 0.6) is 0 Å². The van der Waals surface area contributed by atoms with Crippen molar-refractivity contribution in [3.05, 3.63) is 52.7 Å². The number of carbonyl (C=O) groups excluding carboxylic acids is 2. The molecule has 0 aliphatic carbocycles. The average Bonchev–Trinajstić information content (AvgIpc) is 2.87. The fraction of sp³-hybridized carbons (Fsp3) is 0.263. The van der Waals surface area contributed by atoms with E-state index in [2.05, 4.69) is 11.1 Å². The quantitative estimate of drug-likeness (QED) is 0.793. The molecule has 5 nitrogen and oxygen atoms in total. The second-order valence-electron chi connectivity index (χ2n) is 5.95. The molecule has 0 bridgehead atoms. The zero-order valence-corrected chi connectivity index (χ0v) is 15.1. The molecule has 1 aliphatic heterocycles. The largest absolute Gasteiger partial charge is 0.274 e. The summed E-state index contributed by atoms with van der Waals surface area (Å²) in [4.78, 5) is 30.8. The van der Waals surface area contributed by atoms with E-state index in [4.69, 9.17) is 0 Å². The normalized spacial score (nSPS) is 17.0. The van der Waals surface area contributed by atoms with Gasteiger partial charge in [-0.3, -0.25) is 9.59 Å². The van der Waals surface area contributed by atoms with Gasteiger partial charge in [0.2, 0.25) is 11.8 Å². The minimum atomic E-state index is -0.561. The third-order valence-corrected chi connectivity index (χ3v) is 5.62. The van der Waals surface area contributed by atoms with E-state index in [-0.39, 0.29) is 18.2 Å². The van der Waals surface area contributed by atoms with Gasteiger partial charge in [0.1, 0.15) is 11.1 Å². The Hall–Kier alpha value is -2.65. The van der Waals surface area contributed by atoms with Gasteiger partial charge in [-0.05, 0) is 44.0 Å². The summed E-state index contributed by atoms with van der Waals surface area (Å²) in [5.74, 6) is -0.490. The van der Waals surface area contributed by atoms with Crippen molar-refractivity contribution in [3.8, 4) is 6.07 Å². The number of anilines is 1. The van der Waals surface area contributed by atoms with Crippen LogP contribution in [-0.4, -0.2) is 22.0 Å². The Morgan fingerprint density at radius 3 is 2.48 bits per heavy atom. The molecule has 126 valence electrons. The Morgan fingerprint density at radius 1 is 1.16 bits per heavy atom. The van der Waals surface area contributed by atoms with E-state index in [1.54, 1.807) is 24.3 Å². The van der Waals surface area contributed by atoms with E-state index in [0.29, 0.717) is 16.3 Å². The Labute approximate surface area is 150 Å². The van der Waals surface area contributed by atoms with Gasteiger partial charge in [0.15, 0.2) is 0 Å². The van der Waals surface area contributed by atoms with Gasteiger partial charge in [-0.15, -0.1) is 0 Å². The van der Waals surface area contributed by atoms with Crippen molar-refractivity contribution in [2.75, 3.05) is 4.90 Å². The van der Waals surface area contributed by atoms with Gasteiger partial charge in [0, 0.05) is 12.1 Å². The summed E-state index contributed by atoms with van der Waals surface area (Å²) in [7, 11) is 0. The van der Waals surface area contributed by atoms with E-state index in [1.165, 1.54) is 16.7 Å². The Balaban J connectivity index is 1.92. The molecular formula is C19H17N3O2S. The highest BCUT2D eigenvalue weighted by Gasteiger charge is 2.40. The summed E-state index contributed by atoms with van der Waals surface area (Å²) < 4.78 is 0. The molecule has 3 rings (SSSR count). The maximum Gasteiger partial charge on any atom is 0.247 e. The van der Waals surface area contributed by atoms with Gasteiger partial charge in [0.05, 0.1) is 16.5 Å². The molecular weight excluding hydrogens is 334 g/mol. The number of hydrogen-bond acceptors (Lipinski definition) is 5. The van der Waals surface area contributed by atoms with Crippen molar-refractivity contribution < 1.29 is 9.59 Å². The molecule has 1 atom stereocenters. The maximum atomic E-state index is 12.7. The molecule has 0 spiro atoms. The Bertz CT molecular complexity index is 903. The van der Waals surface area contributed by atoms with Gasteiger partial charge in [-0.1, -0.05) is 30.0 Å². The highest BCUT2D eigenvalue weighted by Crippen LogP contribution is 2.36. The fourth-order valence-corrected chi connectivity index (χ4v) is 4.02. The topological polar surface area (TPSA) is 74.1 Å². The molecule has 0 radical (unpaired) electrons. The van der Waals surface area contributed by atoms with Crippen molar-refractivity contribution in [2.45, 2.75) is 37.5 Å². The Morgan fingerprint density at radius 2 is 1.84 bits per heavy atom. The predicted molar refractivity (Wildman–Crippen MR) is 96.4 cm³/mol. The molecule has 2 amide bonds. The average molecular weight is 351 g/mol. The summed E-state index contributed by atoms with van der Waals surface area (Å²) in [6, 6.07) is 11.1. The van der Waals surface area contributed by atoms with Crippen molar-refractivity contribution in [3.63, 3.8) is 0 Å².